The molecule has 0 aliphatic heterocycles. The van der Waals surface area contributed by atoms with Crippen molar-refractivity contribution in [3.63, 3.8) is 0 Å². The smallest absolute Gasteiger partial charge is 0 e. The third-order valence-corrected chi connectivity index (χ3v) is 2.56. The molecule has 0 heterocycles. The van der Waals surface area contributed by atoms with Crippen LogP contribution >= 0.6 is 0 Å². The van der Waals surface area contributed by atoms with Crippen LogP contribution in [-0.2, 0) is 17.1 Å². The summed E-state index contributed by atoms with van der Waals surface area (Å²) in [5.41, 5.74) is 4.39. The van der Waals surface area contributed by atoms with Crippen LogP contribution in [0.15, 0.2) is 16.7 Å². The topological polar surface area (TPSA) is 0 Å². The van der Waals surface area contributed by atoms with Crippen LogP contribution in [0.5, 0.6) is 0 Å². The fourth-order valence-corrected chi connectivity index (χ4v) is 1.41. The van der Waals surface area contributed by atoms with Crippen LogP contribution in [0.25, 0.3) is 0 Å². The van der Waals surface area contributed by atoms with Crippen LogP contribution in [0.4, 0.5) is 0 Å². The molecule has 1 rings (SSSR count). The number of hydrogen-bond donors (Lipinski definition) is 0. The van der Waals surface area contributed by atoms with E-state index in [0.717, 1.165) is 0 Å². The van der Waals surface area contributed by atoms with E-state index in [1.165, 1.54) is 16.7 Å². The fourth-order valence-electron chi connectivity index (χ4n) is 1.41. The Bertz CT molecular complexity index is 219. The number of rotatable bonds is 0. The minimum atomic E-state index is 0. The fraction of sp³-hybridized carbons (Fsp3) is 0.600. The van der Waals surface area contributed by atoms with Crippen LogP contribution in [0.2, 0.25) is 0 Å². The van der Waals surface area contributed by atoms with Crippen LogP contribution in [0, 0.1) is 11.5 Å². The Kier molecular flexibility index (Phi) is 3.16. The molecule has 1 heteroatoms. The average Bonchev–Trinajstić information content (AvgIpc) is 1.95. The first kappa shape index (κ1) is 11.0. The predicted molar refractivity (Wildman–Crippen MR) is 44.6 cm³/mol. The summed E-state index contributed by atoms with van der Waals surface area (Å²) >= 11 is 0. The van der Waals surface area contributed by atoms with Crippen molar-refractivity contribution in [2.75, 3.05) is 0 Å². The van der Waals surface area contributed by atoms with Crippen molar-refractivity contribution in [2.45, 2.75) is 34.6 Å². The van der Waals surface area contributed by atoms with Gasteiger partial charge in [0.15, 0.2) is 0 Å². The second-order valence-electron chi connectivity index (χ2n) is 3.62. The van der Waals surface area contributed by atoms with Gasteiger partial charge in [-0.2, -0.15) is 11.1 Å². The maximum atomic E-state index is 3.44. The van der Waals surface area contributed by atoms with E-state index in [-0.39, 0.29) is 22.5 Å². The van der Waals surface area contributed by atoms with E-state index in [9.17, 15) is 0 Å². The summed E-state index contributed by atoms with van der Waals surface area (Å²) in [5, 5.41) is 0. The molecule has 0 saturated carbocycles. The Morgan fingerprint density at radius 3 is 1.64 bits per heavy atom. The van der Waals surface area contributed by atoms with Gasteiger partial charge in [-0.1, -0.05) is 33.1 Å². The van der Waals surface area contributed by atoms with Crippen molar-refractivity contribution in [3.05, 3.63) is 22.8 Å². The summed E-state index contributed by atoms with van der Waals surface area (Å²) in [7, 11) is 0. The normalized spacial score (nSPS) is 21.4. The van der Waals surface area contributed by atoms with E-state index in [1.807, 2.05) is 0 Å². The molecule has 0 amide bonds. The van der Waals surface area contributed by atoms with E-state index < -0.39 is 0 Å². The molecule has 0 saturated heterocycles. The van der Waals surface area contributed by atoms with E-state index >= 15 is 0 Å². The van der Waals surface area contributed by atoms with E-state index in [0.29, 0.717) is 0 Å². The SMILES string of the molecule is CC1=[C-]C(C)(C)C(C)=C1C.[Fe]. The first-order chi connectivity index (χ1) is 4.45. The quantitative estimate of drug-likeness (QED) is 0.407. The molecule has 0 aromatic rings. The molecule has 0 spiro atoms. The number of hydrogen-bond acceptors (Lipinski definition) is 0. The van der Waals surface area contributed by atoms with Crippen molar-refractivity contribution >= 4 is 0 Å². The summed E-state index contributed by atoms with van der Waals surface area (Å²) in [6, 6.07) is 0. The molecular formula is C10H15Fe-. The molecule has 0 aromatic heterocycles. The third-order valence-electron chi connectivity index (χ3n) is 2.56. The summed E-state index contributed by atoms with van der Waals surface area (Å²) in [4.78, 5) is 0. The zero-order valence-corrected chi connectivity index (χ0v) is 8.96. The van der Waals surface area contributed by atoms with Crippen molar-refractivity contribution in [1.29, 1.82) is 0 Å². The molecule has 64 valence electrons. The monoisotopic (exact) mass is 191 g/mol. The first-order valence-corrected chi connectivity index (χ1v) is 3.75. The molecule has 0 radical (unpaired) electrons. The molecule has 0 nitrogen and oxygen atoms in total. The Labute approximate surface area is 80.2 Å². The molecule has 0 aromatic carbocycles. The van der Waals surface area contributed by atoms with E-state index in [2.05, 4.69) is 40.7 Å². The minimum absolute atomic E-state index is 0. The Hall–Kier alpha value is -0.000519. The molecule has 0 atom stereocenters. The van der Waals surface area contributed by atoms with Crippen molar-refractivity contribution in [2.24, 2.45) is 5.41 Å². The Morgan fingerprint density at radius 1 is 1.09 bits per heavy atom. The van der Waals surface area contributed by atoms with Gasteiger partial charge in [0.05, 0.1) is 0 Å². The summed E-state index contributed by atoms with van der Waals surface area (Å²) < 4.78 is 0. The largest absolute Gasteiger partial charge is 0.263 e. The first-order valence-electron chi connectivity index (χ1n) is 3.75. The number of allylic oxidation sites excluding steroid dienone is 4. The molecule has 1 aliphatic carbocycles. The molecule has 0 bridgehead atoms. The maximum absolute atomic E-state index is 3.44. The predicted octanol–water partition coefficient (Wildman–Crippen LogP) is 3.11. The van der Waals surface area contributed by atoms with Gasteiger partial charge >= 0.3 is 0 Å². The van der Waals surface area contributed by atoms with Crippen LogP contribution in [-0.4, -0.2) is 0 Å². The van der Waals surface area contributed by atoms with Gasteiger partial charge in [0.2, 0.25) is 0 Å². The molecular weight excluding hydrogens is 176 g/mol. The molecule has 1 aliphatic rings. The van der Waals surface area contributed by atoms with Gasteiger partial charge in [-0.3, -0.25) is 6.08 Å². The van der Waals surface area contributed by atoms with Gasteiger partial charge in [-0.05, 0) is 0 Å². The van der Waals surface area contributed by atoms with Crippen LogP contribution < -0.4 is 0 Å². The zero-order chi connectivity index (χ0) is 7.94. The van der Waals surface area contributed by atoms with Crippen molar-refractivity contribution < 1.29 is 17.1 Å². The van der Waals surface area contributed by atoms with Crippen molar-refractivity contribution in [1.82, 2.24) is 0 Å². The summed E-state index contributed by atoms with van der Waals surface area (Å²) in [6.07, 6.45) is 3.44. The Balaban J connectivity index is 0.000001000. The van der Waals surface area contributed by atoms with E-state index in [4.69, 9.17) is 0 Å². The van der Waals surface area contributed by atoms with Gasteiger partial charge in [0, 0.05) is 17.1 Å². The van der Waals surface area contributed by atoms with Gasteiger partial charge in [-0.15, -0.1) is 6.92 Å². The van der Waals surface area contributed by atoms with Gasteiger partial charge in [0.1, 0.15) is 0 Å². The summed E-state index contributed by atoms with van der Waals surface area (Å²) in [6.45, 7) is 10.9. The van der Waals surface area contributed by atoms with E-state index in [1.54, 1.807) is 0 Å². The Morgan fingerprint density at radius 2 is 1.55 bits per heavy atom. The van der Waals surface area contributed by atoms with Gasteiger partial charge in [-0.25, -0.2) is 5.57 Å². The molecule has 0 fully saturated rings. The third kappa shape index (κ3) is 1.77. The van der Waals surface area contributed by atoms with Crippen LogP contribution in [0.3, 0.4) is 0 Å². The van der Waals surface area contributed by atoms with Crippen LogP contribution in [0.1, 0.15) is 34.6 Å². The second kappa shape index (κ2) is 3.16. The second-order valence-corrected chi connectivity index (χ2v) is 3.62. The van der Waals surface area contributed by atoms with Gasteiger partial charge < -0.3 is 0 Å². The average molecular weight is 191 g/mol. The molecule has 0 unspecified atom stereocenters. The molecule has 11 heavy (non-hydrogen) atoms. The minimum Gasteiger partial charge on any atom is -0.263 e. The maximum Gasteiger partial charge on any atom is 0 e. The molecule has 0 N–H and O–H groups in total. The van der Waals surface area contributed by atoms with Crippen molar-refractivity contribution in [3.8, 4) is 0 Å². The van der Waals surface area contributed by atoms with Gasteiger partial charge in [0.25, 0.3) is 0 Å². The summed E-state index contributed by atoms with van der Waals surface area (Å²) in [5.74, 6) is 0. The zero-order valence-electron chi connectivity index (χ0n) is 7.85. The standard InChI is InChI=1S/C10H15.Fe/c1-7-6-10(4,5)9(3)8(7)2;/h1-5H3;/q-1;.